The average Bonchev–Trinajstić information content (AvgIpc) is 2.49. The van der Waals surface area contributed by atoms with Crippen LogP contribution in [0.15, 0.2) is 24.3 Å². The second-order valence-electron chi connectivity index (χ2n) is 4.64. The van der Waals surface area contributed by atoms with Crippen LogP contribution in [0, 0.1) is 0 Å². The van der Waals surface area contributed by atoms with Gasteiger partial charge >= 0.3 is 0 Å². The number of benzene rings is 1. The van der Waals surface area contributed by atoms with Crippen molar-refractivity contribution >= 4 is 11.8 Å². The number of aryl methyl sites for hydroxylation is 1. The van der Waals surface area contributed by atoms with Gasteiger partial charge in [-0.05, 0) is 30.5 Å². The SMILES string of the molecule is COc1ccc(CCC(NN)C2CSCCO2)cc1. The monoisotopic (exact) mass is 282 g/mol. The van der Waals surface area contributed by atoms with Crippen molar-refractivity contribution in [1.29, 1.82) is 0 Å². The van der Waals surface area contributed by atoms with Crippen LogP contribution in [-0.4, -0.2) is 37.4 Å². The second kappa shape index (κ2) is 7.75. The molecule has 19 heavy (non-hydrogen) atoms. The summed E-state index contributed by atoms with van der Waals surface area (Å²) >= 11 is 1.94. The Kier molecular flexibility index (Phi) is 5.97. The molecule has 2 atom stereocenters. The number of hydrazine groups is 1. The minimum atomic E-state index is 0.218. The van der Waals surface area contributed by atoms with Crippen LogP contribution in [-0.2, 0) is 11.2 Å². The van der Waals surface area contributed by atoms with E-state index in [1.165, 1.54) is 5.56 Å². The van der Waals surface area contributed by atoms with Crippen molar-refractivity contribution in [2.75, 3.05) is 25.2 Å². The zero-order valence-corrected chi connectivity index (χ0v) is 12.1. The summed E-state index contributed by atoms with van der Waals surface area (Å²) in [4.78, 5) is 0. The third-order valence-electron chi connectivity index (χ3n) is 3.41. The summed E-state index contributed by atoms with van der Waals surface area (Å²) in [6.07, 6.45) is 2.19. The Labute approximate surface area is 119 Å². The molecule has 0 amide bonds. The number of methoxy groups -OCH3 is 1. The van der Waals surface area contributed by atoms with Crippen molar-refractivity contribution in [3.05, 3.63) is 29.8 Å². The fraction of sp³-hybridized carbons (Fsp3) is 0.571. The molecule has 1 heterocycles. The van der Waals surface area contributed by atoms with E-state index in [-0.39, 0.29) is 12.1 Å². The molecular formula is C14H22N2O2S. The van der Waals surface area contributed by atoms with Gasteiger partial charge < -0.3 is 9.47 Å². The van der Waals surface area contributed by atoms with Crippen LogP contribution < -0.4 is 16.0 Å². The van der Waals surface area contributed by atoms with Gasteiger partial charge in [-0.15, -0.1) is 0 Å². The highest BCUT2D eigenvalue weighted by Gasteiger charge is 2.23. The first-order valence-electron chi connectivity index (χ1n) is 6.62. The van der Waals surface area contributed by atoms with Gasteiger partial charge in [0.25, 0.3) is 0 Å². The summed E-state index contributed by atoms with van der Waals surface area (Å²) in [5.41, 5.74) is 4.20. The molecule has 1 saturated heterocycles. The van der Waals surface area contributed by atoms with Crippen molar-refractivity contribution in [3.63, 3.8) is 0 Å². The average molecular weight is 282 g/mol. The zero-order chi connectivity index (χ0) is 13.5. The predicted octanol–water partition coefficient (Wildman–Crippen LogP) is 1.59. The molecule has 106 valence electrons. The van der Waals surface area contributed by atoms with E-state index in [4.69, 9.17) is 15.3 Å². The van der Waals surface area contributed by atoms with E-state index in [9.17, 15) is 0 Å². The van der Waals surface area contributed by atoms with Gasteiger partial charge in [0, 0.05) is 17.5 Å². The molecule has 1 aliphatic rings. The Balaban J connectivity index is 1.84. The third kappa shape index (κ3) is 4.38. The van der Waals surface area contributed by atoms with Crippen molar-refractivity contribution in [3.8, 4) is 5.75 Å². The van der Waals surface area contributed by atoms with Crippen LogP contribution in [0.25, 0.3) is 0 Å². The summed E-state index contributed by atoms with van der Waals surface area (Å²) in [5.74, 6) is 8.66. The van der Waals surface area contributed by atoms with Gasteiger partial charge in [-0.1, -0.05) is 12.1 Å². The Bertz CT molecular complexity index is 366. The van der Waals surface area contributed by atoms with E-state index in [2.05, 4.69) is 17.6 Å². The Morgan fingerprint density at radius 2 is 2.26 bits per heavy atom. The normalized spacial score (nSPS) is 21.1. The molecule has 0 radical (unpaired) electrons. The first kappa shape index (κ1) is 14.7. The lowest BCUT2D eigenvalue weighted by Crippen LogP contribution is -2.48. The van der Waals surface area contributed by atoms with E-state index in [1.807, 2.05) is 23.9 Å². The van der Waals surface area contributed by atoms with E-state index >= 15 is 0 Å². The molecule has 3 N–H and O–H groups in total. The largest absolute Gasteiger partial charge is 0.497 e. The molecule has 1 aromatic carbocycles. The van der Waals surface area contributed by atoms with Gasteiger partial charge in [-0.25, -0.2) is 0 Å². The predicted molar refractivity (Wildman–Crippen MR) is 79.5 cm³/mol. The molecule has 0 aromatic heterocycles. The number of nitrogens with two attached hydrogens (primary N) is 1. The van der Waals surface area contributed by atoms with Crippen LogP contribution in [0.3, 0.4) is 0 Å². The highest BCUT2D eigenvalue weighted by Crippen LogP contribution is 2.19. The van der Waals surface area contributed by atoms with Crippen LogP contribution in [0.5, 0.6) is 5.75 Å². The van der Waals surface area contributed by atoms with Gasteiger partial charge in [-0.2, -0.15) is 11.8 Å². The minimum Gasteiger partial charge on any atom is -0.497 e. The van der Waals surface area contributed by atoms with Gasteiger partial charge in [0.1, 0.15) is 5.75 Å². The van der Waals surface area contributed by atoms with Gasteiger partial charge in [0.15, 0.2) is 0 Å². The standard InChI is InChI=1S/C14H22N2O2S/c1-17-12-5-2-11(3-6-12)4-7-13(16-15)14-10-19-9-8-18-14/h2-3,5-6,13-14,16H,4,7-10,15H2,1H3. The van der Waals surface area contributed by atoms with Crippen LogP contribution >= 0.6 is 11.8 Å². The highest BCUT2D eigenvalue weighted by molar-refractivity contribution is 7.99. The second-order valence-corrected chi connectivity index (χ2v) is 5.79. The first-order chi connectivity index (χ1) is 9.33. The lowest BCUT2D eigenvalue weighted by molar-refractivity contribution is 0.0449. The summed E-state index contributed by atoms with van der Waals surface area (Å²) in [7, 11) is 1.68. The number of rotatable bonds is 6. The molecule has 0 saturated carbocycles. The Morgan fingerprint density at radius 1 is 1.47 bits per heavy atom. The maximum atomic E-state index is 5.77. The van der Waals surface area contributed by atoms with Gasteiger partial charge in [0.2, 0.25) is 0 Å². The molecule has 0 spiro atoms. The molecule has 2 unspecified atom stereocenters. The molecular weight excluding hydrogens is 260 g/mol. The molecule has 0 aliphatic carbocycles. The summed E-state index contributed by atoms with van der Waals surface area (Å²) in [5, 5.41) is 0. The molecule has 1 aromatic rings. The van der Waals surface area contributed by atoms with Crippen molar-refractivity contribution in [2.45, 2.75) is 25.0 Å². The van der Waals surface area contributed by atoms with Gasteiger partial charge in [-0.3, -0.25) is 11.3 Å². The molecule has 2 rings (SSSR count). The lowest BCUT2D eigenvalue weighted by atomic mass is 10.0. The quantitative estimate of drug-likeness (QED) is 0.613. The number of ether oxygens (including phenoxy) is 2. The van der Waals surface area contributed by atoms with Crippen molar-refractivity contribution in [2.24, 2.45) is 5.84 Å². The van der Waals surface area contributed by atoms with Gasteiger partial charge in [0.05, 0.1) is 19.8 Å². The number of hydrogen-bond donors (Lipinski definition) is 2. The van der Waals surface area contributed by atoms with E-state index < -0.39 is 0 Å². The van der Waals surface area contributed by atoms with Crippen LogP contribution in [0.4, 0.5) is 0 Å². The maximum absolute atomic E-state index is 5.77. The van der Waals surface area contributed by atoms with Crippen LogP contribution in [0.2, 0.25) is 0 Å². The molecule has 4 nitrogen and oxygen atoms in total. The molecule has 5 heteroatoms. The number of hydrogen-bond acceptors (Lipinski definition) is 5. The summed E-state index contributed by atoms with van der Waals surface area (Å²) in [6, 6.07) is 8.40. The van der Waals surface area contributed by atoms with E-state index in [0.717, 1.165) is 36.7 Å². The number of thioether (sulfide) groups is 1. The first-order valence-corrected chi connectivity index (χ1v) is 7.77. The fourth-order valence-corrected chi connectivity index (χ4v) is 3.17. The summed E-state index contributed by atoms with van der Waals surface area (Å²) in [6.45, 7) is 0.829. The third-order valence-corrected chi connectivity index (χ3v) is 4.43. The zero-order valence-electron chi connectivity index (χ0n) is 11.3. The number of nitrogens with one attached hydrogen (secondary N) is 1. The Morgan fingerprint density at radius 3 is 2.84 bits per heavy atom. The Hall–Kier alpha value is -0.750. The van der Waals surface area contributed by atoms with E-state index in [1.54, 1.807) is 7.11 Å². The molecule has 1 fully saturated rings. The summed E-state index contributed by atoms with van der Waals surface area (Å²) < 4.78 is 10.9. The van der Waals surface area contributed by atoms with Crippen LogP contribution in [0.1, 0.15) is 12.0 Å². The molecule has 0 bridgehead atoms. The maximum Gasteiger partial charge on any atom is 0.118 e. The van der Waals surface area contributed by atoms with E-state index in [0.29, 0.717) is 0 Å². The topological polar surface area (TPSA) is 56.5 Å². The van der Waals surface area contributed by atoms with Crippen molar-refractivity contribution in [1.82, 2.24) is 5.43 Å². The fourth-order valence-electron chi connectivity index (χ4n) is 2.23. The highest BCUT2D eigenvalue weighted by atomic mass is 32.2. The molecule has 1 aliphatic heterocycles. The smallest absolute Gasteiger partial charge is 0.118 e. The minimum absolute atomic E-state index is 0.218. The van der Waals surface area contributed by atoms with Crippen molar-refractivity contribution < 1.29 is 9.47 Å². The lowest BCUT2D eigenvalue weighted by Gasteiger charge is -2.29.